The Balaban J connectivity index is 1.90. The number of carbonyl (C=O) groups excluding carboxylic acids is 1. The van der Waals surface area contributed by atoms with E-state index in [2.05, 4.69) is 5.32 Å². The van der Waals surface area contributed by atoms with Crippen molar-refractivity contribution >= 4 is 5.91 Å². The Morgan fingerprint density at radius 2 is 2.17 bits per heavy atom. The van der Waals surface area contributed by atoms with Crippen LogP contribution in [0.5, 0.6) is 5.75 Å². The topological polar surface area (TPSA) is 58.6 Å². The van der Waals surface area contributed by atoms with Crippen molar-refractivity contribution in [2.45, 2.75) is 19.8 Å². The summed E-state index contributed by atoms with van der Waals surface area (Å²) in [5.74, 6) is 0.632. The molecule has 4 heteroatoms. The first-order valence-electron chi connectivity index (χ1n) is 6.32. The first-order chi connectivity index (χ1) is 8.66. The van der Waals surface area contributed by atoms with Crippen LogP contribution in [0.2, 0.25) is 0 Å². The Hall–Kier alpha value is -1.55. The van der Waals surface area contributed by atoms with Crippen molar-refractivity contribution in [1.29, 1.82) is 0 Å². The zero-order valence-electron chi connectivity index (χ0n) is 10.6. The van der Waals surface area contributed by atoms with Crippen LogP contribution in [0.15, 0.2) is 18.2 Å². The van der Waals surface area contributed by atoms with Gasteiger partial charge >= 0.3 is 0 Å². The van der Waals surface area contributed by atoms with E-state index in [0.29, 0.717) is 18.0 Å². The molecular formula is C14H19NO3. The molecule has 0 aliphatic carbocycles. The molecule has 0 spiro atoms. The summed E-state index contributed by atoms with van der Waals surface area (Å²) < 4.78 is 5.28. The molecule has 0 bridgehead atoms. The number of phenolic OH excluding ortho intramolecular Hbond substituents is 1. The van der Waals surface area contributed by atoms with Gasteiger partial charge in [-0.05, 0) is 49.4 Å². The number of hydrogen-bond acceptors (Lipinski definition) is 3. The number of benzene rings is 1. The molecule has 0 atom stereocenters. The SMILES string of the molecule is Cc1cc(O)ccc1C(=O)NCC1CCOCC1. The summed E-state index contributed by atoms with van der Waals surface area (Å²) in [4.78, 5) is 12.0. The maximum Gasteiger partial charge on any atom is 0.251 e. The summed E-state index contributed by atoms with van der Waals surface area (Å²) in [5.41, 5.74) is 1.42. The standard InChI is InChI=1S/C14H19NO3/c1-10-8-12(16)2-3-13(10)14(17)15-9-11-4-6-18-7-5-11/h2-3,8,11,16H,4-7,9H2,1H3,(H,15,17). The van der Waals surface area contributed by atoms with E-state index in [1.54, 1.807) is 12.1 Å². The van der Waals surface area contributed by atoms with Crippen molar-refractivity contribution < 1.29 is 14.6 Å². The Morgan fingerprint density at radius 1 is 1.44 bits per heavy atom. The summed E-state index contributed by atoms with van der Waals surface area (Å²) in [6.07, 6.45) is 2.02. The molecule has 2 rings (SSSR count). The van der Waals surface area contributed by atoms with Crippen molar-refractivity contribution in [3.8, 4) is 5.75 Å². The predicted molar refractivity (Wildman–Crippen MR) is 68.7 cm³/mol. The van der Waals surface area contributed by atoms with Gasteiger partial charge in [-0.25, -0.2) is 0 Å². The third-order valence-corrected chi connectivity index (χ3v) is 3.35. The van der Waals surface area contributed by atoms with Crippen molar-refractivity contribution in [3.63, 3.8) is 0 Å². The zero-order valence-corrected chi connectivity index (χ0v) is 10.6. The molecule has 1 aliphatic heterocycles. The zero-order chi connectivity index (χ0) is 13.0. The molecule has 0 saturated carbocycles. The van der Waals surface area contributed by atoms with Gasteiger partial charge in [0, 0.05) is 25.3 Å². The van der Waals surface area contributed by atoms with Crippen LogP contribution in [0, 0.1) is 12.8 Å². The van der Waals surface area contributed by atoms with Crippen LogP contribution in [0.4, 0.5) is 0 Å². The van der Waals surface area contributed by atoms with Crippen LogP contribution in [-0.2, 0) is 4.74 Å². The van der Waals surface area contributed by atoms with E-state index in [1.807, 2.05) is 6.92 Å². The Labute approximate surface area is 107 Å². The largest absolute Gasteiger partial charge is 0.508 e. The number of phenols is 1. The van der Waals surface area contributed by atoms with Crippen LogP contribution in [0.3, 0.4) is 0 Å². The molecule has 1 aliphatic rings. The quantitative estimate of drug-likeness (QED) is 0.859. The normalized spacial score (nSPS) is 16.5. The molecule has 1 saturated heterocycles. The van der Waals surface area contributed by atoms with E-state index in [4.69, 9.17) is 4.74 Å². The molecule has 0 unspecified atom stereocenters. The number of hydrogen-bond donors (Lipinski definition) is 2. The summed E-state index contributed by atoms with van der Waals surface area (Å²) in [5, 5.41) is 12.3. The summed E-state index contributed by atoms with van der Waals surface area (Å²) in [7, 11) is 0. The van der Waals surface area contributed by atoms with E-state index >= 15 is 0 Å². The molecule has 1 heterocycles. The minimum Gasteiger partial charge on any atom is -0.508 e. The number of ether oxygens (including phenoxy) is 1. The molecule has 98 valence electrons. The number of aryl methyl sites for hydroxylation is 1. The second kappa shape index (κ2) is 5.87. The lowest BCUT2D eigenvalue weighted by Gasteiger charge is -2.22. The van der Waals surface area contributed by atoms with Crippen LogP contribution < -0.4 is 5.32 Å². The average Bonchev–Trinajstić information content (AvgIpc) is 2.37. The highest BCUT2D eigenvalue weighted by atomic mass is 16.5. The van der Waals surface area contributed by atoms with Gasteiger partial charge in [0.2, 0.25) is 0 Å². The summed E-state index contributed by atoms with van der Waals surface area (Å²) >= 11 is 0. The van der Waals surface area contributed by atoms with E-state index in [-0.39, 0.29) is 11.7 Å². The Bertz CT molecular complexity index is 425. The fraction of sp³-hybridized carbons (Fsp3) is 0.500. The average molecular weight is 249 g/mol. The minimum atomic E-state index is -0.0704. The van der Waals surface area contributed by atoms with Gasteiger partial charge in [0.25, 0.3) is 5.91 Å². The Morgan fingerprint density at radius 3 is 2.83 bits per heavy atom. The first kappa shape index (κ1) is 12.9. The number of amides is 1. The van der Waals surface area contributed by atoms with Gasteiger partial charge in [-0.3, -0.25) is 4.79 Å². The number of nitrogens with one attached hydrogen (secondary N) is 1. The first-order valence-corrected chi connectivity index (χ1v) is 6.32. The summed E-state index contributed by atoms with van der Waals surface area (Å²) in [6.45, 7) is 4.10. The molecule has 0 aromatic heterocycles. The van der Waals surface area contributed by atoms with Gasteiger partial charge in [-0.2, -0.15) is 0 Å². The van der Waals surface area contributed by atoms with Gasteiger partial charge in [-0.1, -0.05) is 0 Å². The van der Waals surface area contributed by atoms with Crippen molar-refractivity contribution in [1.82, 2.24) is 5.32 Å². The maximum atomic E-state index is 12.0. The van der Waals surface area contributed by atoms with Gasteiger partial charge in [0.05, 0.1) is 0 Å². The van der Waals surface area contributed by atoms with Crippen LogP contribution in [0.1, 0.15) is 28.8 Å². The second-order valence-electron chi connectivity index (χ2n) is 4.76. The van der Waals surface area contributed by atoms with Gasteiger partial charge in [0.1, 0.15) is 5.75 Å². The minimum absolute atomic E-state index is 0.0704. The molecule has 1 aromatic carbocycles. The van der Waals surface area contributed by atoms with Gasteiger partial charge in [-0.15, -0.1) is 0 Å². The molecule has 2 N–H and O–H groups in total. The van der Waals surface area contributed by atoms with Gasteiger partial charge in [0.15, 0.2) is 0 Å². The Kier molecular flexibility index (Phi) is 4.20. The highest BCUT2D eigenvalue weighted by molar-refractivity contribution is 5.95. The third kappa shape index (κ3) is 3.23. The van der Waals surface area contributed by atoms with E-state index in [0.717, 1.165) is 31.6 Å². The maximum absolute atomic E-state index is 12.0. The van der Waals surface area contributed by atoms with E-state index < -0.39 is 0 Å². The lowest BCUT2D eigenvalue weighted by molar-refractivity contribution is 0.0642. The molecule has 18 heavy (non-hydrogen) atoms. The molecular weight excluding hydrogens is 230 g/mol. The highest BCUT2D eigenvalue weighted by Gasteiger charge is 2.16. The smallest absolute Gasteiger partial charge is 0.251 e. The lowest BCUT2D eigenvalue weighted by Crippen LogP contribution is -2.32. The van der Waals surface area contributed by atoms with Crippen molar-refractivity contribution in [2.75, 3.05) is 19.8 Å². The molecule has 4 nitrogen and oxygen atoms in total. The number of aromatic hydroxyl groups is 1. The van der Waals surface area contributed by atoms with Crippen LogP contribution in [-0.4, -0.2) is 30.8 Å². The van der Waals surface area contributed by atoms with Crippen molar-refractivity contribution in [3.05, 3.63) is 29.3 Å². The highest BCUT2D eigenvalue weighted by Crippen LogP contribution is 2.16. The number of carbonyl (C=O) groups is 1. The monoisotopic (exact) mass is 249 g/mol. The fourth-order valence-corrected chi connectivity index (χ4v) is 2.19. The van der Waals surface area contributed by atoms with Crippen LogP contribution in [0.25, 0.3) is 0 Å². The van der Waals surface area contributed by atoms with Crippen molar-refractivity contribution in [2.24, 2.45) is 5.92 Å². The van der Waals surface area contributed by atoms with E-state index in [9.17, 15) is 9.90 Å². The number of rotatable bonds is 3. The third-order valence-electron chi connectivity index (χ3n) is 3.35. The summed E-state index contributed by atoms with van der Waals surface area (Å²) in [6, 6.07) is 4.80. The fourth-order valence-electron chi connectivity index (χ4n) is 2.19. The molecule has 1 amide bonds. The lowest BCUT2D eigenvalue weighted by atomic mass is 10.00. The molecule has 1 aromatic rings. The van der Waals surface area contributed by atoms with Crippen LogP contribution >= 0.6 is 0 Å². The predicted octanol–water partition coefficient (Wildman–Crippen LogP) is 1.86. The van der Waals surface area contributed by atoms with Gasteiger partial charge < -0.3 is 15.2 Å². The van der Waals surface area contributed by atoms with E-state index in [1.165, 1.54) is 6.07 Å². The molecule has 1 fully saturated rings. The second-order valence-corrected chi connectivity index (χ2v) is 4.76. The molecule has 0 radical (unpaired) electrons.